The Labute approximate surface area is 83.4 Å². The van der Waals surface area contributed by atoms with Gasteiger partial charge in [0.1, 0.15) is 0 Å². The summed E-state index contributed by atoms with van der Waals surface area (Å²) in [6, 6.07) is 4.15. The van der Waals surface area contributed by atoms with Gasteiger partial charge in [0.05, 0.1) is 0 Å². The summed E-state index contributed by atoms with van der Waals surface area (Å²) < 4.78 is 31.6. The van der Waals surface area contributed by atoms with Gasteiger partial charge in [0.2, 0.25) is 0 Å². The molecule has 0 aliphatic heterocycles. The fourth-order valence-corrected chi connectivity index (χ4v) is 1.04. The Bertz CT molecular complexity index is 341. The summed E-state index contributed by atoms with van der Waals surface area (Å²) in [4.78, 5) is 4.23. The molecule has 0 amide bonds. The van der Waals surface area contributed by atoms with E-state index in [1.165, 1.54) is 5.56 Å². The molecule has 80 valence electrons. The lowest BCUT2D eigenvalue weighted by molar-refractivity contribution is 0.381. The van der Waals surface area contributed by atoms with Gasteiger partial charge in [-0.15, -0.1) is 0 Å². The Morgan fingerprint density at radius 3 is 1.57 bits per heavy atom. The zero-order valence-electron chi connectivity index (χ0n) is 8.22. The molecular formula is C8H13NO4S. The number of hydrogen-bond donors (Lipinski definition) is 2. The van der Waals surface area contributed by atoms with Crippen LogP contribution in [0.15, 0.2) is 12.1 Å². The summed E-state index contributed by atoms with van der Waals surface area (Å²) in [5, 5.41) is 0. The van der Waals surface area contributed by atoms with Crippen LogP contribution in [0.3, 0.4) is 0 Å². The van der Waals surface area contributed by atoms with Crippen LogP contribution in [0.2, 0.25) is 0 Å². The lowest BCUT2D eigenvalue weighted by Crippen LogP contribution is -1.89. The molecule has 1 aromatic rings. The van der Waals surface area contributed by atoms with Crippen LogP contribution in [0.1, 0.15) is 17.0 Å². The third-order valence-corrected chi connectivity index (χ3v) is 1.23. The van der Waals surface area contributed by atoms with Gasteiger partial charge in [0, 0.05) is 11.4 Å². The lowest BCUT2D eigenvalue weighted by Gasteiger charge is -1.96. The van der Waals surface area contributed by atoms with Crippen molar-refractivity contribution in [2.75, 3.05) is 0 Å². The maximum absolute atomic E-state index is 8.74. The number of hydrogen-bond acceptors (Lipinski definition) is 3. The van der Waals surface area contributed by atoms with Gasteiger partial charge < -0.3 is 0 Å². The van der Waals surface area contributed by atoms with Crippen molar-refractivity contribution >= 4 is 10.4 Å². The van der Waals surface area contributed by atoms with Crippen molar-refractivity contribution in [3.63, 3.8) is 0 Å². The lowest BCUT2D eigenvalue weighted by atomic mass is 10.2. The van der Waals surface area contributed by atoms with Crippen molar-refractivity contribution < 1.29 is 17.5 Å². The first-order valence-electron chi connectivity index (χ1n) is 3.80. The van der Waals surface area contributed by atoms with Crippen LogP contribution in [0.25, 0.3) is 0 Å². The number of aryl methyl sites for hydroxylation is 3. The molecule has 0 atom stereocenters. The first-order chi connectivity index (χ1) is 6.18. The Morgan fingerprint density at radius 2 is 1.36 bits per heavy atom. The van der Waals surface area contributed by atoms with E-state index in [1.54, 1.807) is 0 Å². The van der Waals surface area contributed by atoms with Crippen molar-refractivity contribution in [2.45, 2.75) is 20.8 Å². The van der Waals surface area contributed by atoms with E-state index in [2.05, 4.69) is 24.0 Å². The Morgan fingerprint density at radius 1 is 1.07 bits per heavy atom. The molecule has 0 aliphatic rings. The maximum atomic E-state index is 8.74. The minimum Gasteiger partial charge on any atom is -0.264 e. The van der Waals surface area contributed by atoms with E-state index < -0.39 is 10.4 Å². The molecule has 2 N–H and O–H groups in total. The summed E-state index contributed by atoms with van der Waals surface area (Å²) >= 11 is 0. The first kappa shape index (κ1) is 13.0. The highest BCUT2D eigenvalue weighted by molar-refractivity contribution is 7.79. The zero-order chi connectivity index (χ0) is 11.4. The molecule has 0 saturated carbocycles. The van der Waals surface area contributed by atoms with Crippen LogP contribution in [0.5, 0.6) is 0 Å². The van der Waals surface area contributed by atoms with Gasteiger partial charge >= 0.3 is 10.4 Å². The van der Waals surface area contributed by atoms with Gasteiger partial charge in [0.15, 0.2) is 0 Å². The maximum Gasteiger partial charge on any atom is 0.394 e. The third-order valence-electron chi connectivity index (χ3n) is 1.23. The molecule has 0 saturated heterocycles. The van der Waals surface area contributed by atoms with E-state index in [0.717, 1.165) is 11.4 Å². The third kappa shape index (κ3) is 9.11. The molecule has 5 nitrogen and oxygen atoms in total. The predicted octanol–water partition coefficient (Wildman–Crippen LogP) is 1.35. The van der Waals surface area contributed by atoms with Crippen molar-refractivity contribution in [3.05, 3.63) is 29.1 Å². The molecule has 1 heterocycles. The Balaban J connectivity index is 0.000000292. The van der Waals surface area contributed by atoms with Crippen LogP contribution >= 0.6 is 0 Å². The smallest absolute Gasteiger partial charge is 0.264 e. The first-order valence-corrected chi connectivity index (χ1v) is 5.20. The quantitative estimate of drug-likeness (QED) is 0.643. The fourth-order valence-electron chi connectivity index (χ4n) is 1.04. The molecule has 1 aromatic heterocycles. The summed E-state index contributed by atoms with van der Waals surface area (Å²) in [6.07, 6.45) is 0. The van der Waals surface area contributed by atoms with Gasteiger partial charge in [-0.25, -0.2) is 0 Å². The second kappa shape index (κ2) is 5.04. The van der Waals surface area contributed by atoms with Crippen LogP contribution in [-0.4, -0.2) is 22.5 Å². The Kier molecular flexibility index (Phi) is 4.69. The van der Waals surface area contributed by atoms with Crippen molar-refractivity contribution in [2.24, 2.45) is 0 Å². The molecule has 0 bridgehead atoms. The van der Waals surface area contributed by atoms with Crippen molar-refractivity contribution in [1.29, 1.82) is 0 Å². The molecule has 0 radical (unpaired) electrons. The normalized spacial score (nSPS) is 10.4. The summed E-state index contributed by atoms with van der Waals surface area (Å²) in [5.41, 5.74) is 3.50. The van der Waals surface area contributed by atoms with E-state index in [4.69, 9.17) is 17.5 Å². The van der Waals surface area contributed by atoms with E-state index in [1.807, 2.05) is 13.8 Å². The number of pyridine rings is 1. The molecule has 0 fully saturated rings. The van der Waals surface area contributed by atoms with Gasteiger partial charge in [0.25, 0.3) is 0 Å². The molecule has 1 rings (SSSR count). The summed E-state index contributed by atoms with van der Waals surface area (Å²) in [7, 11) is -4.67. The molecule has 0 unspecified atom stereocenters. The molecule has 6 heteroatoms. The van der Waals surface area contributed by atoms with E-state index in [0.29, 0.717) is 0 Å². The highest BCUT2D eigenvalue weighted by atomic mass is 32.3. The van der Waals surface area contributed by atoms with Gasteiger partial charge in [-0.05, 0) is 38.5 Å². The summed E-state index contributed by atoms with van der Waals surface area (Å²) in [6.45, 7) is 6.11. The highest BCUT2D eigenvalue weighted by Crippen LogP contribution is 2.01. The molecule has 0 aromatic carbocycles. The standard InChI is InChI=1S/C8H11N.H2O4S/c1-6-4-7(2)9-8(3)5-6;1-5(2,3)4/h4-5H,1-3H3;(H2,1,2,3,4). The second-order valence-electron chi connectivity index (χ2n) is 2.88. The van der Waals surface area contributed by atoms with Gasteiger partial charge in [-0.2, -0.15) is 8.42 Å². The summed E-state index contributed by atoms with van der Waals surface area (Å²) in [5.74, 6) is 0. The molecule has 0 aliphatic carbocycles. The van der Waals surface area contributed by atoms with E-state index in [-0.39, 0.29) is 0 Å². The topological polar surface area (TPSA) is 87.5 Å². The van der Waals surface area contributed by atoms with Crippen LogP contribution in [-0.2, 0) is 10.4 Å². The molecule has 14 heavy (non-hydrogen) atoms. The zero-order valence-corrected chi connectivity index (χ0v) is 9.04. The van der Waals surface area contributed by atoms with Crippen molar-refractivity contribution in [1.82, 2.24) is 4.98 Å². The van der Waals surface area contributed by atoms with Crippen LogP contribution in [0.4, 0.5) is 0 Å². The Hall–Kier alpha value is -0.980. The monoisotopic (exact) mass is 219 g/mol. The molecule has 0 spiro atoms. The fraction of sp³-hybridized carbons (Fsp3) is 0.375. The number of aromatic nitrogens is 1. The number of nitrogens with zero attached hydrogens (tertiary/aromatic N) is 1. The minimum absolute atomic E-state index is 1.10. The SMILES string of the molecule is Cc1cc(C)nc(C)c1.O=S(=O)(O)O. The average molecular weight is 219 g/mol. The average Bonchev–Trinajstić information content (AvgIpc) is 1.77. The minimum atomic E-state index is -4.67. The van der Waals surface area contributed by atoms with E-state index in [9.17, 15) is 0 Å². The largest absolute Gasteiger partial charge is 0.394 e. The second-order valence-corrected chi connectivity index (χ2v) is 3.77. The van der Waals surface area contributed by atoms with Crippen molar-refractivity contribution in [3.8, 4) is 0 Å². The van der Waals surface area contributed by atoms with Crippen LogP contribution < -0.4 is 0 Å². The highest BCUT2D eigenvalue weighted by Gasteiger charge is 1.88. The van der Waals surface area contributed by atoms with E-state index >= 15 is 0 Å². The van der Waals surface area contributed by atoms with Crippen LogP contribution in [0, 0.1) is 20.8 Å². The van der Waals surface area contributed by atoms with Gasteiger partial charge in [-0.1, -0.05) is 0 Å². The molecular weight excluding hydrogens is 206 g/mol. The number of rotatable bonds is 0. The van der Waals surface area contributed by atoms with Gasteiger partial charge in [-0.3, -0.25) is 14.1 Å². The predicted molar refractivity (Wildman–Crippen MR) is 52.6 cm³/mol.